The van der Waals surface area contributed by atoms with Crippen LogP contribution in [0.1, 0.15) is 15.4 Å². The molecule has 1 saturated heterocycles. The summed E-state index contributed by atoms with van der Waals surface area (Å²) in [6, 6.07) is 6.73. The number of carbonyl (C=O) groups is 1. The van der Waals surface area contributed by atoms with Crippen molar-refractivity contribution in [2.75, 3.05) is 31.0 Å². The van der Waals surface area contributed by atoms with E-state index in [-0.39, 0.29) is 16.5 Å². The van der Waals surface area contributed by atoms with E-state index in [0.29, 0.717) is 47.6 Å². The number of carbonyl (C=O) groups excluding carboxylic acids is 1. The van der Waals surface area contributed by atoms with Crippen LogP contribution in [-0.4, -0.2) is 55.1 Å². The summed E-state index contributed by atoms with van der Waals surface area (Å²) < 4.78 is 48.2. The van der Waals surface area contributed by atoms with E-state index in [1.807, 2.05) is 0 Å². The number of ether oxygens (including phenoxy) is 1. The normalized spacial score (nSPS) is 14.6. The molecule has 0 aliphatic carbocycles. The highest BCUT2D eigenvalue weighted by Crippen LogP contribution is 2.31. The van der Waals surface area contributed by atoms with Gasteiger partial charge in [-0.3, -0.25) is 9.52 Å². The number of aromatic nitrogens is 2. The third kappa shape index (κ3) is 4.48. The predicted molar refractivity (Wildman–Crippen MR) is 115 cm³/mol. The van der Waals surface area contributed by atoms with Crippen LogP contribution in [0, 0.1) is 12.7 Å². The second-order valence-electron chi connectivity index (χ2n) is 7.13. The van der Waals surface area contributed by atoms with E-state index >= 15 is 0 Å². The highest BCUT2D eigenvalue weighted by atomic mass is 32.2. The molecule has 31 heavy (non-hydrogen) atoms. The molecule has 0 radical (unpaired) electrons. The lowest BCUT2D eigenvalue weighted by molar-refractivity contribution is 0.0305. The number of thiazole rings is 1. The summed E-state index contributed by atoms with van der Waals surface area (Å²) in [4.78, 5) is 19.6. The Morgan fingerprint density at radius 2 is 2.00 bits per heavy atom. The quantitative estimate of drug-likeness (QED) is 0.627. The van der Waals surface area contributed by atoms with Gasteiger partial charge in [-0.25, -0.2) is 17.8 Å². The second kappa shape index (κ2) is 8.40. The van der Waals surface area contributed by atoms with Crippen molar-refractivity contribution in [3.05, 3.63) is 52.9 Å². The zero-order chi connectivity index (χ0) is 22.2. The molecule has 1 N–H and O–H groups in total. The first kappa shape index (κ1) is 21.5. The molecule has 1 aromatic carbocycles. The van der Waals surface area contributed by atoms with Crippen molar-refractivity contribution in [1.29, 1.82) is 0 Å². The van der Waals surface area contributed by atoms with E-state index in [9.17, 15) is 17.6 Å². The molecule has 0 bridgehead atoms. The summed E-state index contributed by atoms with van der Waals surface area (Å²) in [5.41, 5.74) is 1.29. The standard InChI is InChI=1S/C20H21FN4O4S2/c1-13-18(20(26)25-6-8-29-9-7-25)30-19(22-13)17-11-16(12-24(17)2)31(27,28)23-15-5-3-4-14(21)10-15/h3-5,10-12,23H,6-9H2,1-2H3. The average Bonchev–Trinajstić information content (AvgIpc) is 3.31. The van der Waals surface area contributed by atoms with Gasteiger partial charge in [-0.1, -0.05) is 6.07 Å². The van der Waals surface area contributed by atoms with Gasteiger partial charge in [-0.15, -0.1) is 11.3 Å². The molecule has 0 saturated carbocycles. The van der Waals surface area contributed by atoms with Crippen molar-refractivity contribution in [3.63, 3.8) is 0 Å². The number of nitrogens with zero attached hydrogens (tertiary/aromatic N) is 3. The monoisotopic (exact) mass is 464 g/mol. The number of rotatable bonds is 5. The number of anilines is 1. The van der Waals surface area contributed by atoms with Crippen LogP contribution in [0.3, 0.4) is 0 Å². The lowest BCUT2D eigenvalue weighted by atomic mass is 10.3. The number of amides is 1. The molecular formula is C20H21FN4O4S2. The Morgan fingerprint density at radius 1 is 1.26 bits per heavy atom. The van der Waals surface area contributed by atoms with Gasteiger partial charge in [0.2, 0.25) is 0 Å². The van der Waals surface area contributed by atoms with Crippen molar-refractivity contribution < 1.29 is 22.3 Å². The fraction of sp³-hybridized carbons (Fsp3) is 0.300. The minimum atomic E-state index is -3.93. The maximum atomic E-state index is 13.4. The Labute approximate surface area is 183 Å². The Hall–Kier alpha value is -2.76. The number of sulfonamides is 1. The van der Waals surface area contributed by atoms with E-state index in [4.69, 9.17) is 4.74 Å². The van der Waals surface area contributed by atoms with E-state index in [2.05, 4.69) is 9.71 Å². The fourth-order valence-electron chi connectivity index (χ4n) is 3.27. The molecule has 0 atom stereocenters. The summed E-state index contributed by atoms with van der Waals surface area (Å²) in [6.07, 6.45) is 1.46. The summed E-state index contributed by atoms with van der Waals surface area (Å²) in [5.74, 6) is -0.635. The van der Waals surface area contributed by atoms with Crippen LogP contribution in [0.25, 0.3) is 10.7 Å². The molecule has 0 unspecified atom stereocenters. The minimum absolute atomic E-state index is 0.0168. The van der Waals surface area contributed by atoms with Crippen LogP contribution in [-0.2, 0) is 21.8 Å². The summed E-state index contributed by atoms with van der Waals surface area (Å²) in [6.45, 7) is 3.84. The first-order valence-electron chi connectivity index (χ1n) is 9.54. The summed E-state index contributed by atoms with van der Waals surface area (Å²) in [7, 11) is -2.22. The Balaban J connectivity index is 1.61. The number of halogens is 1. The van der Waals surface area contributed by atoms with Crippen molar-refractivity contribution in [1.82, 2.24) is 14.5 Å². The van der Waals surface area contributed by atoms with E-state index in [1.54, 1.807) is 23.4 Å². The molecule has 164 valence electrons. The molecule has 3 aromatic rings. The van der Waals surface area contributed by atoms with Gasteiger partial charge < -0.3 is 14.2 Å². The lowest BCUT2D eigenvalue weighted by Gasteiger charge is -2.26. The first-order valence-corrected chi connectivity index (χ1v) is 11.8. The molecule has 0 spiro atoms. The van der Waals surface area contributed by atoms with Gasteiger partial charge in [0.1, 0.15) is 20.6 Å². The third-order valence-corrected chi connectivity index (χ3v) is 7.39. The zero-order valence-corrected chi connectivity index (χ0v) is 18.6. The van der Waals surface area contributed by atoms with Crippen LogP contribution >= 0.6 is 11.3 Å². The number of benzene rings is 1. The molecule has 4 rings (SSSR count). The molecule has 11 heteroatoms. The molecule has 1 aliphatic heterocycles. The van der Waals surface area contributed by atoms with Crippen molar-refractivity contribution in [2.24, 2.45) is 7.05 Å². The van der Waals surface area contributed by atoms with E-state index in [1.165, 1.54) is 41.8 Å². The van der Waals surface area contributed by atoms with Crippen LogP contribution in [0.15, 0.2) is 41.4 Å². The van der Waals surface area contributed by atoms with Crippen LogP contribution in [0.5, 0.6) is 0 Å². The number of morpholine rings is 1. The molecule has 8 nitrogen and oxygen atoms in total. The zero-order valence-electron chi connectivity index (χ0n) is 17.0. The van der Waals surface area contributed by atoms with Gasteiger partial charge in [0, 0.05) is 26.3 Å². The molecule has 2 aromatic heterocycles. The SMILES string of the molecule is Cc1nc(-c2cc(S(=O)(=O)Nc3cccc(F)c3)cn2C)sc1C(=O)N1CCOCC1. The number of hydrogen-bond acceptors (Lipinski definition) is 6. The molecule has 1 amide bonds. The number of nitrogens with one attached hydrogen (secondary N) is 1. The van der Waals surface area contributed by atoms with Crippen LogP contribution in [0.4, 0.5) is 10.1 Å². The Kier molecular flexibility index (Phi) is 5.82. The highest BCUT2D eigenvalue weighted by molar-refractivity contribution is 7.92. The first-order chi connectivity index (χ1) is 14.7. The Bertz CT molecular complexity index is 1230. The molecular weight excluding hydrogens is 443 g/mol. The fourth-order valence-corrected chi connectivity index (χ4v) is 5.49. The topological polar surface area (TPSA) is 93.5 Å². The second-order valence-corrected chi connectivity index (χ2v) is 9.81. The van der Waals surface area contributed by atoms with Crippen molar-refractivity contribution in [2.45, 2.75) is 11.8 Å². The van der Waals surface area contributed by atoms with E-state index < -0.39 is 15.8 Å². The van der Waals surface area contributed by atoms with E-state index in [0.717, 1.165) is 6.07 Å². The maximum Gasteiger partial charge on any atom is 0.266 e. The molecule has 1 aliphatic rings. The Morgan fingerprint density at radius 3 is 2.71 bits per heavy atom. The minimum Gasteiger partial charge on any atom is -0.378 e. The van der Waals surface area contributed by atoms with Crippen LogP contribution in [0.2, 0.25) is 0 Å². The van der Waals surface area contributed by atoms with Gasteiger partial charge >= 0.3 is 0 Å². The van der Waals surface area contributed by atoms with Crippen molar-refractivity contribution in [3.8, 4) is 10.7 Å². The lowest BCUT2D eigenvalue weighted by Crippen LogP contribution is -2.40. The highest BCUT2D eigenvalue weighted by Gasteiger charge is 2.25. The van der Waals surface area contributed by atoms with Gasteiger partial charge in [0.25, 0.3) is 15.9 Å². The van der Waals surface area contributed by atoms with Gasteiger partial charge in [-0.05, 0) is 31.2 Å². The molecule has 3 heterocycles. The maximum absolute atomic E-state index is 13.4. The largest absolute Gasteiger partial charge is 0.378 e. The third-order valence-electron chi connectivity index (χ3n) is 4.88. The summed E-state index contributed by atoms with van der Waals surface area (Å²) >= 11 is 1.23. The van der Waals surface area contributed by atoms with Crippen molar-refractivity contribution >= 4 is 33.0 Å². The van der Waals surface area contributed by atoms with Crippen LogP contribution < -0.4 is 4.72 Å². The van der Waals surface area contributed by atoms with Gasteiger partial charge in [0.05, 0.1) is 30.3 Å². The average molecular weight is 465 g/mol. The predicted octanol–water partition coefficient (Wildman–Crippen LogP) is 2.87. The van der Waals surface area contributed by atoms with Gasteiger partial charge in [0.15, 0.2) is 0 Å². The number of hydrogen-bond donors (Lipinski definition) is 1. The molecule has 1 fully saturated rings. The number of aryl methyl sites for hydroxylation is 2. The summed E-state index contributed by atoms with van der Waals surface area (Å²) in [5, 5.41) is 0.545. The van der Waals surface area contributed by atoms with Gasteiger partial charge in [-0.2, -0.15) is 0 Å². The smallest absolute Gasteiger partial charge is 0.266 e.